The number of hydrogen-bond acceptors (Lipinski definition) is 5. The molecule has 0 saturated carbocycles. The van der Waals surface area contributed by atoms with Crippen molar-refractivity contribution < 1.29 is 13.2 Å². The van der Waals surface area contributed by atoms with Crippen molar-refractivity contribution in [2.24, 2.45) is 0 Å². The quantitative estimate of drug-likeness (QED) is 0.787. The SMILES string of the molecule is CCCn1c(C2CCOC2C)nnc1S(=O)(=O)Cl. The summed E-state index contributed by atoms with van der Waals surface area (Å²) in [5.74, 6) is 0.734. The highest BCUT2D eigenvalue weighted by Gasteiger charge is 2.33. The molecule has 2 rings (SSSR count). The van der Waals surface area contributed by atoms with Crippen LogP contribution in [0.2, 0.25) is 0 Å². The van der Waals surface area contributed by atoms with Gasteiger partial charge in [-0.05, 0) is 19.8 Å². The van der Waals surface area contributed by atoms with Crippen LogP contribution in [-0.2, 0) is 20.3 Å². The predicted molar refractivity (Wildman–Crippen MR) is 66.1 cm³/mol. The molecular formula is C10H16ClN3O3S. The highest BCUT2D eigenvalue weighted by atomic mass is 35.7. The third-order valence-electron chi connectivity index (χ3n) is 3.12. The lowest BCUT2D eigenvalue weighted by Crippen LogP contribution is -2.17. The minimum atomic E-state index is -3.86. The molecule has 0 spiro atoms. The van der Waals surface area contributed by atoms with Gasteiger partial charge in [0, 0.05) is 29.8 Å². The summed E-state index contributed by atoms with van der Waals surface area (Å²) in [7, 11) is 1.51. The molecule has 0 aliphatic carbocycles. The van der Waals surface area contributed by atoms with Gasteiger partial charge in [0.15, 0.2) is 0 Å². The molecule has 2 heterocycles. The van der Waals surface area contributed by atoms with Crippen LogP contribution in [0.25, 0.3) is 0 Å². The standard InChI is InChI=1S/C10H16ClN3O3S/c1-3-5-14-9(8-4-6-17-7(8)2)12-13-10(14)18(11,15)16/h7-8H,3-6H2,1-2H3. The van der Waals surface area contributed by atoms with Crippen LogP contribution in [0.4, 0.5) is 0 Å². The third-order valence-corrected chi connectivity index (χ3v) is 4.27. The molecule has 0 bridgehead atoms. The first-order chi connectivity index (χ1) is 8.45. The summed E-state index contributed by atoms with van der Waals surface area (Å²) in [6.07, 6.45) is 1.63. The smallest absolute Gasteiger partial charge is 0.296 e. The van der Waals surface area contributed by atoms with Gasteiger partial charge >= 0.3 is 0 Å². The van der Waals surface area contributed by atoms with E-state index in [1.54, 1.807) is 4.57 Å². The van der Waals surface area contributed by atoms with E-state index in [0.29, 0.717) is 19.0 Å². The van der Waals surface area contributed by atoms with Crippen LogP contribution >= 0.6 is 10.7 Å². The molecular weight excluding hydrogens is 278 g/mol. The summed E-state index contributed by atoms with van der Waals surface area (Å²) in [5.41, 5.74) is 0. The number of ether oxygens (including phenoxy) is 1. The molecule has 0 aromatic carbocycles. The van der Waals surface area contributed by atoms with E-state index < -0.39 is 9.05 Å². The van der Waals surface area contributed by atoms with Gasteiger partial charge in [0.05, 0.1) is 6.10 Å². The van der Waals surface area contributed by atoms with Crippen molar-refractivity contribution in [1.82, 2.24) is 14.8 Å². The van der Waals surface area contributed by atoms with E-state index in [9.17, 15) is 8.42 Å². The van der Waals surface area contributed by atoms with Gasteiger partial charge in [0.2, 0.25) is 0 Å². The molecule has 1 aliphatic heterocycles. The van der Waals surface area contributed by atoms with E-state index in [0.717, 1.165) is 12.8 Å². The lowest BCUT2D eigenvalue weighted by atomic mass is 10.0. The Kier molecular flexibility index (Phi) is 3.93. The zero-order valence-electron chi connectivity index (χ0n) is 10.3. The molecule has 1 aromatic heterocycles. The van der Waals surface area contributed by atoms with Gasteiger partial charge in [-0.1, -0.05) is 6.92 Å². The zero-order valence-corrected chi connectivity index (χ0v) is 11.9. The Morgan fingerprint density at radius 1 is 1.50 bits per heavy atom. The van der Waals surface area contributed by atoms with Crippen LogP contribution in [0.15, 0.2) is 5.16 Å². The number of rotatable bonds is 4. The second-order valence-corrected chi connectivity index (χ2v) is 6.86. The predicted octanol–water partition coefficient (Wildman–Crippen LogP) is 1.51. The maximum Gasteiger partial charge on any atom is 0.296 e. The molecule has 1 aromatic rings. The van der Waals surface area contributed by atoms with Crippen LogP contribution < -0.4 is 0 Å². The van der Waals surface area contributed by atoms with Gasteiger partial charge < -0.3 is 9.30 Å². The fraction of sp³-hybridized carbons (Fsp3) is 0.800. The average Bonchev–Trinajstić information content (AvgIpc) is 2.84. The van der Waals surface area contributed by atoms with E-state index in [2.05, 4.69) is 10.2 Å². The molecule has 0 N–H and O–H groups in total. The summed E-state index contributed by atoms with van der Waals surface area (Å²) in [4.78, 5) is 0. The van der Waals surface area contributed by atoms with E-state index >= 15 is 0 Å². The molecule has 0 radical (unpaired) electrons. The van der Waals surface area contributed by atoms with Crippen molar-refractivity contribution in [2.75, 3.05) is 6.61 Å². The first-order valence-corrected chi connectivity index (χ1v) is 8.25. The summed E-state index contributed by atoms with van der Waals surface area (Å²) in [6.45, 7) is 5.11. The maximum absolute atomic E-state index is 11.4. The highest BCUT2D eigenvalue weighted by molar-refractivity contribution is 8.13. The number of hydrogen-bond donors (Lipinski definition) is 0. The normalized spacial score (nSPS) is 24.6. The lowest BCUT2D eigenvalue weighted by molar-refractivity contribution is 0.116. The first-order valence-electron chi connectivity index (χ1n) is 5.94. The minimum absolute atomic E-state index is 0.0238. The largest absolute Gasteiger partial charge is 0.378 e. The molecule has 18 heavy (non-hydrogen) atoms. The molecule has 2 atom stereocenters. The van der Waals surface area contributed by atoms with Crippen LogP contribution in [0.1, 0.15) is 38.4 Å². The second kappa shape index (κ2) is 5.14. The van der Waals surface area contributed by atoms with Crippen molar-refractivity contribution in [3.05, 3.63) is 5.82 Å². The van der Waals surface area contributed by atoms with Crippen molar-refractivity contribution >= 4 is 19.7 Å². The Morgan fingerprint density at radius 3 is 2.72 bits per heavy atom. The van der Waals surface area contributed by atoms with Crippen molar-refractivity contribution in [1.29, 1.82) is 0 Å². The number of nitrogens with zero attached hydrogens (tertiary/aromatic N) is 3. The average molecular weight is 294 g/mol. The van der Waals surface area contributed by atoms with E-state index in [1.165, 1.54) is 0 Å². The molecule has 1 saturated heterocycles. The van der Waals surface area contributed by atoms with Gasteiger partial charge in [0.25, 0.3) is 14.2 Å². The monoisotopic (exact) mass is 293 g/mol. The second-order valence-electron chi connectivity index (χ2n) is 4.40. The summed E-state index contributed by atoms with van der Waals surface area (Å²) >= 11 is 0. The lowest BCUT2D eigenvalue weighted by Gasteiger charge is -2.15. The molecule has 2 unspecified atom stereocenters. The minimum Gasteiger partial charge on any atom is -0.378 e. The fourth-order valence-electron chi connectivity index (χ4n) is 2.26. The molecule has 102 valence electrons. The van der Waals surface area contributed by atoms with E-state index in [1.807, 2.05) is 13.8 Å². The Hall–Kier alpha value is -0.660. The Bertz CT molecular complexity index is 528. The van der Waals surface area contributed by atoms with Crippen molar-refractivity contribution in [2.45, 2.75) is 50.4 Å². The van der Waals surface area contributed by atoms with Crippen LogP contribution in [0.3, 0.4) is 0 Å². The summed E-state index contributed by atoms with van der Waals surface area (Å²) in [5, 5.41) is 7.56. The highest BCUT2D eigenvalue weighted by Crippen LogP contribution is 2.31. The van der Waals surface area contributed by atoms with Gasteiger partial charge in [-0.15, -0.1) is 10.2 Å². The molecule has 1 fully saturated rings. The fourth-order valence-corrected chi connectivity index (χ4v) is 3.19. The third kappa shape index (κ3) is 2.53. The van der Waals surface area contributed by atoms with Crippen molar-refractivity contribution in [3.63, 3.8) is 0 Å². The molecule has 0 amide bonds. The van der Waals surface area contributed by atoms with E-state index in [4.69, 9.17) is 15.4 Å². The molecule has 6 nitrogen and oxygen atoms in total. The Morgan fingerprint density at radius 2 is 2.22 bits per heavy atom. The maximum atomic E-state index is 11.4. The molecule has 8 heteroatoms. The van der Waals surface area contributed by atoms with Crippen molar-refractivity contribution in [3.8, 4) is 0 Å². The van der Waals surface area contributed by atoms with Crippen LogP contribution in [-0.4, -0.2) is 35.9 Å². The van der Waals surface area contributed by atoms with Gasteiger partial charge in [-0.2, -0.15) is 0 Å². The first kappa shape index (κ1) is 13.8. The molecule has 1 aliphatic rings. The van der Waals surface area contributed by atoms with Gasteiger partial charge in [-0.25, -0.2) is 8.42 Å². The topological polar surface area (TPSA) is 74.1 Å². The van der Waals surface area contributed by atoms with E-state index in [-0.39, 0.29) is 17.2 Å². The van der Waals surface area contributed by atoms with Crippen LogP contribution in [0.5, 0.6) is 0 Å². The Labute approximate surface area is 111 Å². The Balaban J connectivity index is 2.45. The number of aromatic nitrogens is 3. The summed E-state index contributed by atoms with van der Waals surface area (Å²) in [6, 6.07) is 0. The number of halogens is 1. The van der Waals surface area contributed by atoms with Gasteiger partial charge in [-0.3, -0.25) is 0 Å². The summed E-state index contributed by atoms with van der Waals surface area (Å²) < 4.78 is 30.0. The van der Waals surface area contributed by atoms with Crippen LogP contribution in [0, 0.1) is 0 Å². The zero-order chi connectivity index (χ0) is 13.3. The van der Waals surface area contributed by atoms with Gasteiger partial charge in [0.1, 0.15) is 5.82 Å².